The molecule has 0 aliphatic rings. The molecular formula is C19H22O4Si. The topological polar surface area (TPSA) is 74.6 Å². The highest BCUT2D eigenvalue weighted by Crippen LogP contribution is 2.37. The van der Waals surface area contributed by atoms with Crippen molar-refractivity contribution in [3.8, 4) is 0 Å². The van der Waals surface area contributed by atoms with Gasteiger partial charge < -0.3 is 10.2 Å². The summed E-state index contributed by atoms with van der Waals surface area (Å²) in [7, 11) is -2.55. The molecule has 0 aliphatic carbocycles. The van der Waals surface area contributed by atoms with Crippen molar-refractivity contribution in [1.29, 1.82) is 0 Å². The number of carboxylic acid groups (broad SMARTS) is 2. The van der Waals surface area contributed by atoms with Gasteiger partial charge in [-0.1, -0.05) is 90.8 Å². The van der Waals surface area contributed by atoms with Gasteiger partial charge in [0.25, 0.3) is 0 Å². The van der Waals surface area contributed by atoms with E-state index < -0.39 is 25.8 Å². The first-order valence-corrected chi connectivity index (χ1v) is 9.84. The average Bonchev–Trinajstić information content (AvgIpc) is 2.59. The summed E-state index contributed by atoms with van der Waals surface area (Å²) in [6.07, 6.45) is 1.48. The predicted octanol–water partition coefficient (Wildman–Crippen LogP) is 2.13. The van der Waals surface area contributed by atoms with Crippen molar-refractivity contribution >= 4 is 31.1 Å². The maximum atomic E-state index is 12.2. The molecule has 0 amide bonds. The van der Waals surface area contributed by atoms with Crippen molar-refractivity contribution < 1.29 is 19.8 Å². The minimum absolute atomic E-state index is 0.148. The minimum Gasteiger partial charge on any atom is -0.481 e. The zero-order chi connectivity index (χ0) is 17.6. The smallest absolute Gasteiger partial charge is 0.318 e. The first kappa shape index (κ1) is 17.9. The highest BCUT2D eigenvalue weighted by Gasteiger charge is 2.54. The Morgan fingerprint density at radius 1 is 0.875 bits per heavy atom. The van der Waals surface area contributed by atoms with Crippen LogP contribution in [0.2, 0.25) is 5.04 Å². The number of aliphatic carboxylic acids is 2. The highest BCUT2D eigenvalue weighted by atomic mass is 28.3. The maximum absolute atomic E-state index is 12.2. The Labute approximate surface area is 143 Å². The standard InChI is InChI=1S/C19H22O4Si/c1-2-3-14-19(17(20)21,18(22)23)24(15-10-6-4-7-11-15)16-12-8-5-9-13-16/h4-13,24H,2-3,14H2,1H3,(H,20,21)(H,22,23). The van der Waals surface area contributed by atoms with Crippen molar-refractivity contribution in [1.82, 2.24) is 0 Å². The molecule has 0 aliphatic heterocycles. The molecule has 0 atom stereocenters. The van der Waals surface area contributed by atoms with Crippen LogP contribution < -0.4 is 10.4 Å². The average molecular weight is 342 g/mol. The fourth-order valence-corrected chi connectivity index (χ4v) is 6.93. The molecular weight excluding hydrogens is 320 g/mol. The molecule has 0 heterocycles. The third-order valence-electron chi connectivity index (χ3n) is 4.45. The number of hydrogen-bond donors (Lipinski definition) is 2. The third kappa shape index (κ3) is 3.41. The first-order chi connectivity index (χ1) is 11.5. The van der Waals surface area contributed by atoms with Crippen LogP contribution in [0.25, 0.3) is 0 Å². The van der Waals surface area contributed by atoms with Gasteiger partial charge in [0.05, 0.1) is 0 Å². The second-order valence-corrected chi connectivity index (χ2v) is 9.12. The molecule has 24 heavy (non-hydrogen) atoms. The van der Waals surface area contributed by atoms with E-state index in [-0.39, 0.29) is 6.42 Å². The van der Waals surface area contributed by atoms with Gasteiger partial charge in [-0.15, -0.1) is 0 Å². The molecule has 2 aromatic carbocycles. The molecule has 0 radical (unpaired) electrons. The second kappa shape index (κ2) is 7.92. The minimum atomic E-state index is -2.55. The van der Waals surface area contributed by atoms with Gasteiger partial charge in [0.1, 0.15) is 8.80 Å². The van der Waals surface area contributed by atoms with E-state index in [2.05, 4.69) is 0 Å². The molecule has 0 fully saturated rings. The molecule has 5 heteroatoms. The van der Waals surface area contributed by atoms with Gasteiger partial charge in [-0.3, -0.25) is 9.59 Å². The summed E-state index contributed by atoms with van der Waals surface area (Å²) in [5.74, 6) is -2.46. The lowest BCUT2D eigenvalue weighted by atomic mass is 10.0. The Morgan fingerprint density at radius 3 is 1.62 bits per heavy atom. The largest absolute Gasteiger partial charge is 0.481 e. The number of rotatable bonds is 8. The maximum Gasteiger partial charge on any atom is 0.318 e. The Kier molecular flexibility index (Phi) is 5.92. The summed E-state index contributed by atoms with van der Waals surface area (Å²) in [6.45, 7) is 1.94. The number of carbonyl (C=O) groups is 2. The summed E-state index contributed by atoms with van der Waals surface area (Å²) >= 11 is 0. The van der Waals surface area contributed by atoms with Crippen LogP contribution in [0.4, 0.5) is 0 Å². The Balaban J connectivity index is 2.70. The van der Waals surface area contributed by atoms with Crippen LogP contribution in [0, 0.1) is 0 Å². The van der Waals surface area contributed by atoms with Gasteiger partial charge in [0.2, 0.25) is 0 Å². The lowest BCUT2D eigenvalue weighted by Gasteiger charge is -2.33. The van der Waals surface area contributed by atoms with Gasteiger partial charge in [-0.25, -0.2) is 0 Å². The van der Waals surface area contributed by atoms with Crippen molar-refractivity contribution in [2.24, 2.45) is 0 Å². The van der Waals surface area contributed by atoms with Crippen LogP contribution in [0.15, 0.2) is 60.7 Å². The van der Waals surface area contributed by atoms with E-state index >= 15 is 0 Å². The molecule has 2 N–H and O–H groups in total. The summed E-state index contributed by atoms with van der Waals surface area (Å²) in [5, 5.41) is 19.9. The van der Waals surface area contributed by atoms with E-state index in [1.54, 1.807) is 0 Å². The third-order valence-corrected chi connectivity index (χ3v) is 8.32. The summed E-state index contributed by atoms with van der Waals surface area (Å²) < 4.78 is 0. The first-order valence-electron chi connectivity index (χ1n) is 8.10. The molecule has 126 valence electrons. The zero-order valence-corrected chi connectivity index (χ0v) is 14.8. The molecule has 0 unspecified atom stereocenters. The molecule has 0 bridgehead atoms. The van der Waals surface area contributed by atoms with E-state index in [1.165, 1.54) is 0 Å². The molecule has 2 aromatic rings. The quantitative estimate of drug-likeness (QED) is 0.569. The molecule has 0 saturated carbocycles. The monoisotopic (exact) mass is 342 g/mol. The predicted molar refractivity (Wildman–Crippen MR) is 96.8 cm³/mol. The van der Waals surface area contributed by atoms with Gasteiger partial charge in [0, 0.05) is 0 Å². The zero-order valence-electron chi connectivity index (χ0n) is 13.7. The van der Waals surface area contributed by atoms with Gasteiger partial charge in [0.15, 0.2) is 5.04 Å². The van der Waals surface area contributed by atoms with Crippen molar-refractivity contribution in [3.05, 3.63) is 60.7 Å². The van der Waals surface area contributed by atoms with Crippen molar-refractivity contribution in [3.63, 3.8) is 0 Å². The lowest BCUT2D eigenvalue weighted by Crippen LogP contribution is -2.58. The second-order valence-electron chi connectivity index (χ2n) is 5.94. The van der Waals surface area contributed by atoms with Crippen LogP contribution in [0.5, 0.6) is 0 Å². The Bertz CT molecular complexity index is 632. The van der Waals surface area contributed by atoms with E-state index in [0.717, 1.165) is 16.8 Å². The van der Waals surface area contributed by atoms with Crippen molar-refractivity contribution in [2.75, 3.05) is 0 Å². The normalized spacial score (nSPS) is 11.4. The molecule has 0 spiro atoms. The summed E-state index contributed by atoms with van der Waals surface area (Å²) in [6, 6.07) is 18.5. The SMILES string of the molecule is CCCCC(C(=O)O)(C(=O)O)[SiH](c1ccccc1)c1ccccc1. The Morgan fingerprint density at radius 2 is 1.29 bits per heavy atom. The van der Waals surface area contributed by atoms with E-state index in [1.807, 2.05) is 67.6 Å². The van der Waals surface area contributed by atoms with Crippen LogP contribution >= 0.6 is 0 Å². The van der Waals surface area contributed by atoms with Gasteiger partial charge in [-0.05, 0) is 6.42 Å². The number of benzene rings is 2. The van der Waals surface area contributed by atoms with Crippen molar-refractivity contribution in [2.45, 2.75) is 31.2 Å². The number of carboxylic acids is 2. The number of unbranched alkanes of at least 4 members (excludes halogenated alkanes) is 1. The fraction of sp³-hybridized carbons (Fsp3) is 0.263. The molecule has 0 saturated heterocycles. The summed E-state index contributed by atoms with van der Waals surface area (Å²) in [4.78, 5) is 24.4. The molecule has 4 nitrogen and oxygen atoms in total. The molecule has 2 rings (SSSR count). The Hall–Kier alpha value is -2.40. The summed E-state index contributed by atoms with van der Waals surface area (Å²) in [5.41, 5.74) is 0. The fourth-order valence-electron chi connectivity index (χ4n) is 3.20. The van der Waals surface area contributed by atoms with Gasteiger partial charge in [-0.2, -0.15) is 0 Å². The lowest BCUT2D eigenvalue weighted by molar-refractivity contribution is -0.153. The van der Waals surface area contributed by atoms with Crippen LogP contribution in [0.1, 0.15) is 26.2 Å². The van der Waals surface area contributed by atoms with Crippen LogP contribution in [0.3, 0.4) is 0 Å². The van der Waals surface area contributed by atoms with E-state index in [9.17, 15) is 19.8 Å². The van der Waals surface area contributed by atoms with Gasteiger partial charge >= 0.3 is 11.9 Å². The van der Waals surface area contributed by atoms with E-state index in [4.69, 9.17) is 0 Å². The molecule has 0 aromatic heterocycles. The van der Waals surface area contributed by atoms with E-state index in [0.29, 0.717) is 6.42 Å². The number of hydrogen-bond acceptors (Lipinski definition) is 2. The highest BCUT2D eigenvalue weighted by molar-refractivity contribution is 6.92. The van der Waals surface area contributed by atoms with Crippen LogP contribution in [-0.2, 0) is 9.59 Å². The van der Waals surface area contributed by atoms with Crippen LogP contribution in [-0.4, -0.2) is 30.9 Å².